The van der Waals surface area contributed by atoms with Crippen LogP contribution in [0.25, 0.3) is 44.2 Å². The molecular formula is C50H45N. The lowest BCUT2D eigenvalue weighted by molar-refractivity contribution is 0.587. The van der Waals surface area contributed by atoms with Crippen molar-refractivity contribution in [3.05, 3.63) is 173 Å². The Bertz CT molecular complexity index is 2420. The molecule has 2 aliphatic carbocycles. The number of anilines is 3. The Morgan fingerprint density at radius 1 is 0.451 bits per heavy atom. The Morgan fingerprint density at radius 2 is 0.961 bits per heavy atom. The Balaban J connectivity index is 1.49. The zero-order chi connectivity index (χ0) is 35.3. The van der Waals surface area contributed by atoms with Crippen LogP contribution in [0.15, 0.2) is 146 Å². The highest BCUT2D eigenvalue weighted by atomic mass is 15.2. The lowest BCUT2D eigenvalue weighted by Gasteiger charge is -2.39. The van der Waals surface area contributed by atoms with E-state index in [0.29, 0.717) is 0 Å². The summed E-state index contributed by atoms with van der Waals surface area (Å²) in [5, 5.41) is 2.49. The van der Waals surface area contributed by atoms with Gasteiger partial charge in [-0.15, -0.1) is 0 Å². The molecule has 7 aromatic rings. The summed E-state index contributed by atoms with van der Waals surface area (Å²) in [5.41, 5.74) is 18.2. The van der Waals surface area contributed by atoms with E-state index >= 15 is 0 Å². The number of hydrogen-bond donors (Lipinski definition) is 0. The van der Waals surface area contributed by atoms with Gasteiger partial charge in [-0.05, 0) is 102 Å². The highest BCUT2D eigenvalue weighted by Gasteiger charge is 2.50. The zero-order valence-corrected chi connectivity index (χ0v) is 30.8. The summed E-state index contributed by atoms with van der Waals surface area (Å²) in [5.74, 6) is 0. The van der Waals surface area contributed by atoms with Crippen LogP contribution in [0.5, 0.6) is 0 Å². The van der Waals surface area contributed by atoms with E-state index in [0.717, 1.165) is 5.69 Å². The van der Waals surface area contributed by atoms with Crippen molar-refractivity contribution >= 4 is 27.8 Å². The molecule has 250 valence electrons. The molecule has 0 spiro atoms. The normalized spacial score (nSPS) is 14.9. The highest BCUT2D eigenvalue weighted by Crippen LogP contribution is 2.65. The summed E-state index contributed by atoms with van der Waals surface area (Å²) in [6, 6.07) is 54.1. The SMILES string of the molecule is CC(C)(C)c1c2c(c(N(c3cccc(-c4ccccc4)c3)c3ccc4ccccc4c3)c3c1-c1ccccc1C3(C)C)C(C)(C)c1ccccc1-2. The molecule has 9 rings (SSSR count). The largest absolute Gasteiger partial charge is 0.310 e. The van der Waals surface area contributed by atoms with Crippen molar-refractivity contribution in [2.45, 2.75) is 64.7 Å². The fourth-order valence-corrected chi connectivity index (χ4v) is 9.41. The molecule has 0 unspecified atom stereocenters. The maximum absolute atomic E-state index is 2.62. The second-order valence-electron chi connectivity index (χ2n) is 16.6. The number of rotatable bonds is 4. The fourth-order valence-electron chi connectivity index (χ4n) is 9.41. The maximum atomic E-state index is 2.62. The Hall–Kier alpha value is -5.40. The summed E-state index contributed by atoms with van der Waals surface area (Å²) in [4.78, 5) is 2.62. The summed E-state index contributed by atoms with van der Waals surface area (Å²) in [6.07, 6.45) is 0. The van der Waals surface area contributed by atoms with Gasteiger partial charge >= 0.3 is 0 Å². The van der Waals surface area contributed by atoms with Crippen molar-refractivity contribution in [1.82, 2.24) is 0 Å². The van der Waals surface area contributed by atoms with Crippen LogP contribution in [0.4, 0.5) is 17.1 Å². The van der Waals surface area contributed by atoms with Crippen LogP contribution in [0, 0.1) is 0 Å². The molecule has 0 saturated heterocycles. The first-order valence-corrected chi connectivity index (χ1v) is 18.4. The minimum absolute atomic E-state index is 0.102. The minimum Gasteiger partial charge on any atom is -0.310 e. The molecule has 0 N–H and O–H groups in total. The van der Waals surface area contributed by atoms with Gasteiger partial charge in [0, 0.05) is 22.2 Å². The highest BCUT2D eigenvalue weighted by molar-refractivity contribution is 6.04. The first kappa shape index (κ1) is 31.6. The third-order valence-corrected chi connectivity index (χ3v) is 11.6. The van der Waals surface area contributed by atoms with Gasteiger partial charge in [-0.3, -0.25) is 0 Å². The van der Waals surface area contributed by atoms with Crippen LogP contribution >= 0.6 is 0 Å². The maximum Gasteiger partial charge on any atom is 0.0556 e. The van der Waals surface area contributed by atoms with Gasteiger partial charge in [0.1, 0.15) is 0 Å². The standard InChI is InChI=1S/C50H45N/c1-48(2,3)44-42-38-24-13-15-26-40(38)49(4,5)45(42)47(46-43(44)39-25-14-16-27-41(39)50(46,6)7)51(37-29-28-33-20-11-12-21-34(33)31-37)36-23-17-22-35(30-36)32-18-9-8-10-19-32/h8-31H,1-7H3. The second kappa shape index (κ2) is 11.0. The lowest BCUT2D eigenvalue weighted by atomic mass is 9.70. The molecule has 1 heteroatoms. The number of fused-ring (bicyclic) bond motifs is 7. The van der Waals surface area contributed by atoms with Gasteiger partial charge in [0.2, 0.25) is 0 Å². The van der Waals surface area contributed by atoms with Gasteiger partial charge in [0.25, 0.3) is 0 Å². The van der Waals surface area contributed by atoms with E-state index in [4.69, 9.17) is 0 Å². The molecule has 0 amide bonds. The van der Waals surface area contributed by atoms with E-state index in [1.165, 1.54) is 83.3 Å². The van der Waals surface area contributed by atoms with Crippen molar-refractivity contribution in [2.75, 3.05) is 4.90 Å². The smallest absolute Gasteiger partial charge is 0.0556 e. The fraction of sp³-hybridized carbons (Fsp3) is 0.200. The molecule has 0 bridgehead atoms. The quantitative estimate of drug-likeness (QED) is 0.182. The van der Waals surface area contributed by atoms with E-state index in [1.54, 1.807) is 0 Å². The van der Waals surface area contributed by atoms with E-state index < -0.39 is 0 Å². The van der Waals surface area contributed by atoms with Crippen molar-refractivity contribution < 1.29 is 0 Å². The van der Waals surface area contributed by atoms with Gasteiger partial charge in [-0.1, -0.05) is 170 Å². The predicted molar refractivity (Wildman–Crippen MR) is 218 cm³/mol. The monoisotopic (exact) mass is 659 g/mol. The van der Waals surface area contributed by atoms with Crippen molar-refractivity contribution in [3.63, 3.8) is 0 Å². The van der Waals surface area contributed by atoms with E-state index in [-0.39, 0.29) is 16.2 Å². The minimum atomic E-state index is -0.243. The van der Waals surface area contributed by atoms with E-state index in [2.05, 4.69) is 199 Å². The van der Waals surface area contributed by atoms with Crippen LogP contribution in [0.1, 0.15) is 76.3 Å². The second-order valence-corrected chi connectivity index (χ2v) is 16.6. The van der Waals surface area contributed by atoms with Crippen LogP contribution < -0.4 is 4.90 Å². The molecule has 0 radical (unpaired) electrons. The zero-order valence-electron chi connectivity index (χ0n) is 30.8. The molecule has 0 aliphatic heterocycles. The summed E-state index contributed by atoms with van der Waals surface area (Å²) in [7, 11) is 0. The van der Waals surface area contributed by atoms with Gasteiger partial charge in [-0.2, -0.15) is 0 Å². The lowest BCUT2D eigenvalue weighted by Crippen LogP contribution is -2.27. The predicted octanol–water partition coefficient (Wildman–Crippen LogP) is 13.9. The Labute approximate surface area is 303 Å². The van der Waals surface area contributed by atoms with Crippen LogP contribution in [-0.2, 0) is 16.2 Å². The first-order chi connectivity index (χ1) is 24.5. The average molecular weight is 660 g/mol. The van der Waals surface area contributed by atoms with Gasteiger partial charge < -0.3 is 4.90 Å². The van der Waals surface area contributed by atoms with E-state index in [9.17, 15) is 0 Å². The van der Waals surface area contributed by atoms with Gasteiger partial charge in [0.15, 0.2) is 0 Å². The van der Waals surface area contributed by atoms with Crippen LogP contribution in [-0.4, -0.2) is 0 Å². The van der Waals surface area contributed by atoms with Gasteiger partial charge in [-0.25, -0.2) is 0 Å². The molecule has 0 atom stereocenters. The summed E-state index contributed by atoms with van der Waals surface area (Å²) >= 11 is 0. The number of hydrogen-bond acceptors (Lipinski definition) is 1. The third kappa shape index (κ3) is 4.60. The summed E-state index contributed by atoms with van der Waals surface area (Å²) < 4.78 is 0. The Morgan fingerprint density at radius 3 is 1.57 bits per heavy atom. The first-order valence-electron chi connectivity index (χ1n) is 18.4. The summed E-state index contributed by atoms with van der Waals surface area (Å²) in [6.45, 7) is 17.0. The number of nitrogens with zero attached hydrogens (tertiary/aromatic N) is 1. The molecule has 1 nitrogen and oxygen atoms in total. The van der Waals surface area contributed by atoms with E-state index in [1.807, 2.05) is 0 Å². The number of benzene rings is 7. The molecule has 0 fully saturated rings. The van der Waals surface area contributed by atoms with Crippen molar-refractivity contribution in [1.29, 1.82) is 0 Å². The van der Waals surface area contributed by atoms with Crippen LogP contribution in [0.3, 0.4) is 0 Å². The molecule has 0 saturated carbocycles. The topological polar surface area (TPSA) is 3.24 Å². The third-order valence-electron chi connectivity index (χ3n) is 11.6. The van der Waals surface area contributed by atoms with Crippen molar-refractivity contribution in [2.24, 2.45) is 0 Å². The molecule has 2 aliphatic rings. The molecule has 0 heterocycles. The average Bonchev–Trinajstić information content (AvgIpc) is 3.51. The van der Waals surface area contributed by atoms with Crippen molar-refractivity contribution in [3.8, 4) is 33.4 Å². The Kier molecular flexibility index (Phi) is 6.84. The molecule has 7 aromatic carbocycles. The van der Waals surface area contributed by atoms with Gasteiger partial charge in [0.05, 0.1) is 5.69 Å². The molecule has 0 aromatic heterocycles. The molecular weight excluding hydrogens is 615 g/mol. The molecule has 51 heavy (non-hydrogen) atoms. The van der Waals surface area contributed by atoms with Crippen LogP contribution in [0.2, 0.25) is 0 Å².